The zero-order valence-corrected chi connectivity index (χ0v) is 21.9. The van der Waals surface area contributed by atoms with E-state index in [2.05, 4.69) is 4.90 Å². The monoisotopic (exact) mass is 545 g/mol. The summed E-state index contributed by atoms with van der Waals surface area (Å²) in [4.78, 5) is 56.3. The number of methoxy groups -OCH3 is 1. The molecule has 9 nitrogen and oxygen atoms in total. The number of ether oxygens (including phenoxy) is 2. The number of nitrogens with zero attached hydrogens (tertiary/aromatic N) is 3. The van der Waals surface area contributed by atoms with Gasteiger partial charge in [-0.1, -0.05) is 12.1 Å². The SMILES string of the molecule is COc1ccccc1C(=O)COC(=O)c1ccc(N2C(=O)CC(N3CCN(c4ccc(F)cc4)CC3)C2=O)cc1. The molecule has 1 unspecified atom stereocenters. The molecule has 10 heteroatoms. The number of para-hydroxylation sites is 1. The Morgan fingerprint density at radius 1 is 0.875 bits per heavy atom. The van der Waals surface area contributed by atoms with Crippen molar-refractivity contribution in [3.63, 3.8) is 0 Å². The molecule has 0 aliphatic carbocycles. The molecule has 0 saturated carbocycles. The molecule has 0 aromatic heterocycles. The second-order valence-corrected chi connectivity index (χ2v) is 9.53. The molecule has 0 N–H and O–H groups in total. The minimum Gasteiger partial charge on any atom is -0.496 e. The molecule has 0 radical (unpaired) electrons. The first-order chi connectivity index (χ1) is 19.4. The summed E-state index contributed by atoms with van der Waals surface area (Å²) in [6.45, 7) is 2.03. The summed E-state index contributed by atoms with van der Waals surface area (Å²) in [7, 11) is 1.45. The van der Waals surface area contributed by atoms with Gasteiger partial charge in [0.25, 0.3) is 5.91 Å². The summed E-state index contributed by atoms with van der Waals surface area (Å²) in [5.41, 5.74) is 1.78. The Balaban J connectivity index is 1.17. The zero-order chi connectivity index (χ0) is 28.2. The van der Waals surface area contributed by atoms with Crippen molar-refractivity contribution >= 4 is 34.9 Å². The van der Waals surface area contributed by atoms with E-state index >= 15 is 0 Å². The Morgan fingerprint density at radius 2 is 1.52 bits per heavy atom. The number of benzene rings is 3. The number of hydrogen-bond acceptors (Lipinski definition) is 8. The fourth-order valence-corrected chi connectivity index (χ4v) is 5.03. The van der Waals surface area contributed by atoms with E-state index in [1.165, 1.54) is 43.5 Å². The number of anilines is 2. The molecule has 5 rings (SSSR count). The molecular formula is C30H28FN3O6. The maximum atomic E-state index is 13.3. The van der Waals surface area contributed by atoms with Crippen molar-refractivity contribution in [3.8, 4) is 5.75 Å². The van der Waals surface area contributed by atoms with E-state index in [1.54, 1.807) is 36.4 Å². The fraction of sp³-hybridized carbons (Fsp3) is 0.267. The number of esters is 1. The Labute approximate surface area is 230 Å². The van der Waals surface area contributed by atoms with Crippen LogP contribution in [0.25, 0.3) is 0 Å². The lowest BCUT2D eigenvalue weighted by atomic mass is 10.1. The van der Waals surface area contributed by atoms with Crippen LogP contribution in [0.15, 0.2) is 72.8 Å². The number of carbonyl (C=O) groups excluding carboxylic acids is 4. The molecule has 1 atom stereocenters. The molecule has 2 amide bonds. The van der Waals surface area contributed by atoms with Crippen LogP contribution in [0, 0.1) is 5.82 Å². The van der Waals surface area contributed by atoms with Crippen LogP contribution >= 0.6 is 0 Å². The van der Waals surface area contributed by atoms with Crippen LogP contribution in [0.5, 0.6) is 5.75 Å². The minimum atomic E-state index is -0.703. The summed E-state index contributed by atoms with van der Waals surface area (Å²) in [6, 6.07) is 18.4. The second kappa shape index (κ2) is 11.7. The van der Waals surface area contributed by atoms with E-state index in [1.807, 2.05) is 4.90 Å². The van der Waals surface area contributed by atoms with Gasteiger partial charge in [-0.3, -0.25) is 19.3 Å². The number of imide groups is 1. The van der Waals surface area contributed by atoms with Gasteiger partial charge in [-0.05, 0) is 60.7 Å². The van der Waals surface area contributed by atoms with Gasteiger partial charge in [-0.2, -0.15) is 0 Å². The van der Waals surface area contributed by atoms with E-state index in [-0.39, 0.29) is 29.6 Å². The Hall–Kier alpha value is -4.57. The molecule has 3 aromatic carbocycles. The molecule has 2 aliphatic rings. The van der Waals surface area contributed by atoms with Crippen molar-refractivity contribution in [1.29, 1.82) is 0 Å². The predicted molar refractivity (Wildman–Crippen MR) is 145 cm³/mol. The summed E-state index contributed by atoms with van der Waals surface area (Å²) >= 11 is 0. The molecule has 2 heterocycles. The van der Waals surface area contributed by atoms with Gasteiger partial charge in [-0.25, -0.2) is 14.1 Å². The molecule has 3 aromatic rings. The van der Waals surface area contributed by atoms with Gasteiger partial charge < -0.3 is 14.4 Å². The third-order valence-corrected chi connectivity index (χ3v) is 7.17. The number of amides is 2. The Kier molecular flexibility index (Phi) is 7.88. The minimum absolute atomic E-state index is 0.0736. The topological polar surface area (TPSA) is 96.5 Å². The van der Waals surface area contributed by atoms with Gasteiger partial charge >= 0.3 is 5.97 Å². The molecule has 2 saturated heterocycles. The van der Waals surface area contributed by atoms with Crippen molar-refractivity contribution in [3.05, 3.63) is 89.7 Å². The first-order valence-corrected chi connectivity index (χ1v) is 12.9. The number of rotatable bonds is 8. The lowest BCUT2D eigenvalue weighted by molar-refractivity contribution is -0.123. The van der Waals surface area contributed by atoms with Crippen LogP contribution in [0.3, 0.4) is 0 Å². The first kappa shape index (κ1) is 27.0. The fourth-order valence-electron chi connectivity index (χ4n) is 5.03. The summed E-state index contributed by atoms with van der Waals surface area (Å²) in [5, 5.41) is 0. The molecule has 206 valence electrons. The van der Waals surface area contributed by atoms with Crippen molar-refractivity contribution in [2.45, 2.75) is 12.5 Å². The molecule has 2 aliphatic heterocycles. The maximum absolute atomic E-state index is 13.3. The largest absolute Gasteiger partial charge is 0.496 e. The molecule has 0 bridgehead atoms. The average Bonchev–Trinajstić information content (AvgIpc) is 3.29. The number of halogens is 1. The number of Topliss-reactive ketones (excluding diaryl/α,β-unsaturated/α-hetero) is 1. The lowest BCUT2D eigenvalue weighted by Gasteiger charge is -2.38. The van der Waals surface area contributed by atoms with E-state index < -0.39 is 24.4 Å². The van der Waals surface area contributed by atoms with Crippen molar-refractivity contribution in [1.82, 2.24) is 4.90 Å². The number of ketones is 1. The highest BCUT2D eigenvalue weighted by molar-refractivity contribution is 6.22. The van der Waals surface area contributed by atoms with E-state index in [0.717, 1.165) is 10.6 Å². The average molecular weight is 546 g/mol. The Morgan fingerprint density at radius 3 is 2.20 bits per heavy atom. The van der Waals surface area contributed by atoms with Crippen molar-refractivity contribution < 1.29 is 33.0 Å². The van der Waals surface area contributed by atoms with Gasteiger partial charge in [0.15, 0.2) is 6.61 Å². The zero-order valence-electron chi connectivity index (χ0n) is 21.9. The highest BCUT2D eigenvalue weighted by Crippen LogP contribution is 2.28. The Bertz CT molecular complexity index is 1420. The van der Waals surface area contributed by atoms with Gasteiger partial charge in [0, 0.05) is 31.9 Å². The maximum Gasteiger partial charge on any atom is 0.338 e. The van der Waals surface area contributed by atoms with Crippen LogP contribution < -0.4 is 14.5 Å². The lowest BCUT2D eigenvalue weighted by Crippen LogP contribution is -2.52. The number of hydrogen-bond donors (Lipinski definition) is 0. The third-order valence-electron chi connectivity index (χ3n) is 7.17. The molecule has 2 fully saturated rings. The molecule has 0 spiro atoms. The molecular weight excluding hydrogens is 517 g/mol. The summed E-state index contributed by atoms with van der Waals surface area (Å²) < 4.78 is 23.6. The van der Waals surface area contributed by atoms with Gasteiger partial charge in [0.1, 0.15) is 11.6 Å². The van der Waals surface area contributed by atoms with Gasteiger partial charge in [0.05, 0.1) is 36.4 Å². The van der Waals surface area contributed by atoms with Crippen LogP contribution in [-0.2, 0) is 14.3 Å². The molecule has 40 heavy (non-hydrogen) atoms. The first-order valence-electron chi connectivity index (χ1n) is 12.9. The third kappa shape index (κ3) is 5.57. The summed E-state index contributed by atoms with van der Waals surface area (Å²) in [6.07, 6.45) is 0.0736. The van der Waals surface area contributed by atoms with E-state index in [4.69, 9.17) is 9.47 Å². The standard InChI is InChI=1S/C30H28FN3O6/c1-39-27-5-3-2-4-24(27)26(35)19-40-30(38)20-6-10-23(11-7-20)34-28(36)18-25(29(34)37)33-16-14-32(15-17-33)22-12-8-21(31)9-13-22/h2-13,25H,14-19H2,1H3. The number of carbonyl (C=O) groups is 4. The van der Waals surface area contributed by atoms with Crippen LogP contribution in [0.2, 0.25) is 0 Å². The predicted octanol–water partition coefficient (Wildman–Crippen LogP) is 3.33. The highest BCUT2D eigenvalue weighted by Gasteiger charge is 2.43. The van der Waals surface area contributed by atoms with E-state index in [9.17, 15) is 23.6 Å². The second-order valence-electron chi connectivity index (χ2n) is 9.53. The van der Waals surface area contributed by atoms with Crippen molar-refractivity contribution in [2.24, 2.45) is 0 Å². The van der Waals surface area contributed by atoms with E-state index in [0.29, 0.717) is 43.2 Å². The smallest absolute Gasteiger partial charge is 0.338 e. The summed E-state index contributed by atoms with van der Waals surface area (Å²) in [5.74, 6) is -1.62. The normalized spacial score (nSPS) is 17.7. The number of piperazine rings is 1. The van der Waals surface area contributed by atoms with Gasteiger partial charge in [0.2, 0.25) is 11.7 Å². The highest BCUT2D eigenvalue weighted by atomic mass is 19.1. The van der Waals surface area contributed by atoms with Crippen LogP contribution in [0.4, 0.5) is 15.8 Å². The van der Waals surface area contributed by atoms with Crippen LogP contribution in [-0.4, -0.2) is 74.4 Å². The van der Waals surface area contributed by atoms with Crippen molar-refractivity contribution in [2.75, 3.05) is 49.7 Å². The quantitative estimate of drug-likeness (QED) is 0.242. The van der Waals surface area contributed by atoms with Crippen LogP contribution in [0.1, 0.15) is 27.1 Å². The van der Waals surface area contributed by atoms with Gasteiger partial charge in [-0.15, -0.1) is 0 Å².